The molecule has 8 heteroatoms. The molecule has 2 saturated heterocycles. The van der Waals surface area contributed by atoms with E-state index in [1.807, 2.05) is 30.3 Å². The van der Waals surface area contributed by atoms with Crippen molar-refractivity contribution in [3.05, 3.63) is 50.1 Å². The van der Waals surface area contributed by atoms with E-state index < -0.39 is 5.54 Å². The van der Waals surface area contributed by atoms with Gasteiger partial charge in [-0.2, -0.15) is 0 Å². The first-order chi connectivity index (χ1) is 14.0. The standard InChI is InChI=1S/C21H19Cl2N3O2S/c22-11-3-4-12-13(7-11)25-20(28)21(12)18(15-5-6-16(23)29-15)17-14(8-24-19(17)27)26(21)9-10-1-2-10/h3-7,10,14,17-18H,1-2,8-9H2,(H,24,27)(H,25,28)/t14-,17+,18-,21-/m1/s1. The van der Waals surface area contributed by atoms with E-state index in [4.69, 9.17) is 23.2 Å². The van der Waals surface area contributed by atoms with Gasteiger partial charge in [-0.1, -0.05) is 29.3 Å². The number of carbonyl (C=O) groups excluding carboxylic acids is 2. The number of fused-ring (bicyclic) bond motifs is 3. The molecule has 3 fully saturated rings. The maximum Gasteiger partial charge on any atom is 0.250 e. The van der Waals surface area contributed by atoms with Crippen molar-refractivity contribution in [3.63, 3.8) is 0 Å². The average Bonchev–Trinajstić information content (AvgIpc) is 3.02. The fourth-order valence-electron chi connectivity index (χ4n) is 5.62. The van der Waals surface area contributed by atoms with Crippen LogP contribution in [0, 0.1) is 11.8 Å². The fraction of sp³-hybridized carbons (Fsp3) is 0.429. The van der Waals surface area contributed by atoms with Gasteiger partial charge in [0.1, 0.15) is 5.54 Å². The molecule has 5 nitrogen and oxygen atoms in total. The van der Waals surface area contributed by atoms with E-state index in [-0.39, 0.29) is 29.7 Å². The molecule has 4 aliphatic rings. The van der Waals surface area contributed by atoms with E-state index in [1.54, 1.807) is 0 Å². The summed E-state index contributed by atoms with van der Waals surface area (Å²) in [5.41, 5.74) is 0.754. The van der Waals surface area contributed by atoms with E-state index in [2.05, 4.69) is 15.5 Å². The normalized spacial score (nSPS) is 33.1. The van der Waals surface area contributed by atoms with Crippen LogP contribution in [0.15, 0.2) is 30.3 Å². The maximum atomic E-state index is 13.8. The van der Waals surface area contributed by atoms with Crippen LogP contribution in [0.2, 0.25) is 9.36 Å². The number of nitrogens with one attached hydrogen (secondary N) is 2. The Morgan fingerprint density at radius 1 is 1.17 bits per heavy atom. The Hall–Kier alpha value is -1.60. The minimum Gasteiger partial charge on any atom is -0.354 e. The Bertz CT molecular complexity index is 1050. The van der Waals surface area contributed by atoms with E-state index in [0.717, 1.165) is 22.7 Å². The molecule has 1 aliphatic carbocycles. The molecule has 1 saturated carbocycles. The monoisotopic (exact) mass is 447 g/mol. The number of halogens is 2. The zero-order valence-corrected chi connectivity index (χ0v) is 17.8. The Labute approximate surface area is 182 Å². The summed E-state index contributed by atoms with van der Waals surface area (Å²) in [6.07, 6.45) is 2.35. The molecule has 29 heavy (non-hydrogen) atoms. The van der Waals surface area contributed by atoms with Gasteiger partial charge in [0.2, 0.25) is 11.8 Å². The van der Waals surface area contributed by atoms with Crippen molar-refractivity contribution in [2.24, 2.45) is 11.8 Å². The second-order valence-electron chi connectivity index (χ2n) is 8.46. The number of likely N-dealkylation sites (tertiary alicyclic amines) is 1. The van der Waals surface area contributed by atoms with Crippen molar-refractivity contribution >= 4 is 52.0 Å². The number of nitrogens with zero attached hydrogens (tertiary/aromatic N) is 1. The Balaban J connectivity index is 1.62. The van der Waals surface area contributed by atoms with Gasteiger partial charge in [0, 0.05) is 46.2 Å². The zero-order chi connectivity index (χ0) is 19.9. The molecule has 0 bridgehead atoms. The lowest BCUT2D eigenvalue weighted by Crippen LogP contribution is -2.54. The molecule has 150 valence electrons. The molecule has 1 aromatic carbocycles. The largest absolute Gasteiger partial charge is 0.354 e. The summed E-state index contributed by atoms with van der Waals surface area (Å²) in [7, 11) is 0. The second kappa shape index (κ2) is 6.20. The van der Waals surface area contributed by atoms with Crippen molar-refractivity contribution in [2.45, 2.75) is 30.3 Å². The van der Waals surface area contributed by atoms with Crippen molar-refractivity contribution in [3.8, 4) is 0 Å². The average molecular weight is 448 g/mol. The van der Waals surface area contributed by atoms with Gasteiger partial charge >= 0.3 is 0 Å². The van der Waals surface area contributed by atoms with E-state index in [9.17, 15) is 9.59 Å². The van der Waals surface area contributed by atoms with Gasteiger partial charge in [0.15, 0.2) is 0 Å². The summed E-state index contributed by atoms with van der Waals surface area (Å²) >= 11 is 14.0. The lowest BCUT2D eigenvalue weighted by molar-refractivity contribution is -0.128. The molecule has 0 radical (unpaired) electrons. The highest BCUT2D eigenvalue weighted by molar-refractivity contribution is 7.16. The number of thiophene rings is 1. The van der Waals surface area contributed by atoms with E-state index in [0.29, 0.717) is 21.8 Å². The third kappa shape index (κ3) is 2.43. The molecule has 3 aliphatic heterocycles. The van der Waals surface area contributed by atoms with Gasteiger partial charge < -0.3 is 10.6 Å². The molecule has 2 amide bonds. The first kappa shape index (κ1) is 18.2. The number of rotatable bonds is 3. The first-order valence-electron chi connectivity index (χ1n) is 9.91. The Morgan fingerprint density at radius 3 is 2.72 bits per heavy atom. The van der Waals surface area contributed by atoms with E-state index >= 15 is 0 Å². The molecule has 6 rings (SSSR count). The molecular formula is C21H19Cl2N3O2S. The predicted octanol–water partition coefficient (Wildman–Crippen LogP) is 3.83. The van der Waals surface area contributed by atoms with E-state index in [1.165, 1.54) is 24.2 Å². The fourth-order valence-corrected chi connectivity index (χ4v) is 7.07. The van der Waals surface area contributed by atoms with Crippen LogP contribution in [0.25, 0.3) is 0 Å². The first-order valence-corrected chi connectivity index (χ1v) is 11.5. The number of hydrogen-bond donors (Lipinski definition) is 2. The van der Waals surface area contributed by atoms with Crippen LogP contribution in [0.4, 0.5) is 5.69 Å². The van der Waals surface area contributed by atoms with Crippen LogP contribution in [-0.4, -0.2) is 35.8 Å². The van der Waals surface area contributed by atoms with Gasteiger partial charge in [-0.05, 0) is 43.0 Å². The molecule has 1 aromatic heterocycles. The second-order valence-corrected chi connectivity index (χ2v) is 10.6. The topological polar surface area (TPSA) is 61.4 Å². The molecule has 2 aromatic rings. The van der Waals surface area contributed by atoms with Crippen molar-refractivity contribution in [1.29, 1.82) is 0 Å². The van der Waals surface area contributed by atoms with Crippen LogP contribution < -0.4 is 10.6 Å². The molecule has 4 heterocycles. The van der Waals surface area contributed by atoms with Gasteiger partial charge in [-0.3, -0.25) is 14.5 Å². The molecule has 2 N–H and O–H groups in total. The molecule has 1 spiro atoms. The number of hydrogen-bond acceptors (Lipinski definition) is 4. The third-order valence-electron chi connectivity index (χ3n) is 6.90. The quantitative estimate of drug-likeness (QED) is 0.751. The predicted molar refractivity (Wildman–Crippen MR) is 114 cm³/mol. The minimum absolute atomic E-state index is 0.0126. The highest BCUT2D eigenvalue weighted by Gasteiger charge is 2.70. The Morgan fingerprint density at radius 2 is 2.00 bits per heavy atom. The van der Waals surface area contributed by atoms with Crippen molar-refractivity contribution in [2.75, 3.05) is 18.4 Å². The lowest BCUT2D eigenvalue weighted by Gasteiger charge is -2.39. The smallest absolute Gasteiger partial charge is 0.250 e. The van der Waals surface area contributed by atoms with Gasteiger partial charge in [0.05, 0.1) is 10.3 Å². The summed E-state index contributed by atoms with van der Waals surface area (Å²) in [6, 6.07) is 9.42. The zero-order valence-electron chi connectivity index (χ0n) is 15.5. The summed E-state index contributed by atoms with van der Waals surface area (Å²) < 4.78 is 0.667. The third-order valence-corrected chi connectivity index (χ3v) is 8.45. The maximum absolute atomic E-state index is 13.8. The van der Waals surface area contributed by atoms with Gasteiger partial charge in [-0.15, -0.1) is 11.3 Å². The number of amides is 2. The summed E-state index contributed by atoms with van der Waals surface area (Å²) in [5, 5.41) is 6.71. The lowest BCUT2D eigenvalue weighted by atomic mass is 9.74. The van der Waals surface area contributed by atoms with Crippen LogP contribution in [-0.2, 0) is 15.1 Å². The summed E-state index contributed by atoms with van der Waals surface area (Å²) in [5.74, 6) is -0.0212. The molecule has 4 atom stereocenters. The van der Waals surface area contributed by atoms with Crippen molar-refractivity contribution < 1.29 is 9.59 Å². The summed E-state index contributed by atoms with van der Waals surface area (Å²) in [6.45, 7) is 1.39. The highest BCUT2D eigenvalue weighted by Crippen LogP contribution is 2.61. The van der Waals surface area contributed by atoms with Crippen molar-refractivity contribution in [1.82, 2.24) is 10.2 Å². The highest BCUT2D eigenvalue weighted by atomic mass is 35.5. The molecular weight excluding hydrogens is 429 g/mol. The number of carbonyl (C=O) groups is 2. The number of anilines is 1. The van der Waals surface area contributed by atoms with Crippen LogP contribution in [0.3, 0.4) is 0 Å². The number of benzene rings is 1. The van der Waals surface area contributed by atoms with Crippen LogP contribution in [0.5, 0.6) is 0 Å². The van der Waals surface area contributed by atoms with Gasteiger partial charge in [0.25, 0.3) is 0 Å². The SMILES string of the molecule is O=C1NC[C@@H]2[C@H]1[C@@H](c1ccc(Cl)s1)[C@]1(C(=O)Nc3cc(Cl)ccc31)N2CC1CC1. The molecule has 0 unspecified atom stereocenters. The Kier molecular flexibility index (Phi) is 3.89. The van der Waals surface area contributed by atoms with Crippen LogP contribution in [0.1, 0.15) is 29.2 Å². The van der Waals surface area contributed by atoms with Crippen LogP contribution >= 0.6 is 34.5 Å². The summed E-state index contributed by atoms with van der Waals surface area (Å²) in [4.78, 5) is 30.0. The minimum atomic E-state index is -0.913. The van der Waals surface area contributed by atoms with Gasteiger partial charge in [-0.25, -0.2) is 0 Å².